The Kier molecular flexibility index (Phi) is 4.91. The van der Waals surface area contributed by atoms with Gasteiger partial charge in [0, 0.05) is 12.8 Å². The van der Waals surface area contributed by atoms with Crippen molar-refractivity contribution in [1.29, 1.82) is 0 Å². The highest BCUT2D eigenvalue weighted by Crippen LogP contribution is 2.36. The van der Waals surface area contributed by atoms with Gasteiger partial charge in [-0.05, 0) is 73.1 Å². The van der Waals surface area contributed by atoms with Gasteiger partial charge in [-0.2, -0.15) is 11.3 Å². The van der Waals surface area contributed by atoms with Gasteiger partial charge in [-0.3, -0.25) is 4.79 Å². The van der Waals surface area contributed by atoms with Crippen molar-refractivity contribution in [2.75, 3.05) is 6.61 Å². The average Bonchev–Trinajstić information content (AvgIpc) is 3.26. The number of benzene rings is 4. The van der Waals surface area contributed by atoms with Crippen LogP contribution in [-0.4, -0.2) is 12.6 Å². The van der Waals surface area contributed by atoms with Crippen LogP contribution >= 0.6 is 11.3 Å². The van der Waals surface area contributed by atoms with Crippen LogP contribution in [0.15, 0.2) is 71.4 Å². The van der Waals surface area contributed by atoms with Crippen LogP contribution in [0.1, 0.15) is 24.0 Å². The van der Waals surface area contributed by atoms with Crippen molar-refractivity contribution in [2.24, 2.45) is 0 Å². The number of carbonyl (C=O) groups excluding carboxylic acids is 1. The van der Waals surface area contributed by atoms with Gasteiger partial charge < -0.3 is 4.74 Å². The molecule has 5 rings (SSSR count). The molecule has 0 aliphatic rings. The molecule has 0 spiro atoms. The molecule has 1 heterocycles. The zero-order chi connectivity index (χ0) is 19.6. The normalized spacial score (nSPS) is 11.6. The summed E-state index contributed by atoms with van der Waals surface area (Å²) >= 11 is 1.67. The molecule has 0 saturated heterocycles. The molecule has 5 aromatic rings. The molecule has 0 aliphatic heterocycles. The van der Waals surface area contributed by atoms with E-state index >= 15 is 0 Å². The van der Waals surface area contributed by atoms with Crippen LogP contribution in [0.25, 0.3) is 32.3 Å². The summed E-state index contributed by atoms with van der Waals surface area (Å²) in [5.74, 6) is -0.0991. The lowest BCUT2D eigenvalue weighted by Gasteiger charge is -2.13. The topological polar surface area (TPSA) is 26.3 Å². The lowest BCUT2D eigenvalue weighted by atomic mass is 9.90. The number of esters is 1. The minimum atomic E-state index is -0.0991. The molecule has 0 aliphatic carbocycles. The molecule has 0 radical (unpaired) electrons. The Labute approximate surface area is 174 Å². The second kappa shape index (κ2) is 7.84. The van der Waals surface area contributed by atoms with Gasteiger partial charge in [-0.25, -0.2) is 0 Å². The Morgan fingerprint density at radius 3 is 2.38 bits per heavy atom. The number of ether oxygens (including phenoxy) is 1. The van der Waals surface area contributed by atoms with E-state index in [1.54, 1.807) is 11.3 Å². The highest BCUT2D eigenvalue weighted by molar-refractivity contribution is 7.07. The molecule has 29 heavy (non-hydrogen) atoms. The highest BCUT2D eigenvalue weighted by atomic mass is 32.1. The summed E-state index contributed by atoms with van der Waals surface area (Å²) in [4.78, 5) is 12.1. The molecule has 0 N–H and O–H groups in total. The van der Waals surface area contributed by atoms with Crippen LogP contribution < -0.4 is 0 Å². The van der Waals surface area contributed by atoms with Crippen LogP contribution in [0, 0.1) is 0 Å². The van der Waals surface area contributed by atoms with Gasteiger partial charge >= 0.3 is 5.97 Å². The summed E-state index contributed by atoms with van der Waals surface area (Å²) in [6.45, 7) is 0.467. The standard InChI is InChI=1S/C26H22O2S/c27-24(28-15-13-18-14-16-29-17-18)6-2-3-19-7-8-22-10-9-20-4-1-5-21-11-12-23(19)26(22)25(20)21/h1,4-5,7-12,14,16-17H,2-3,6,13,15H2. The maximum atomic E-state index is 12.1. The first-order chi connectivity index (χ1) is 14.3. The Morgan fingerprint density at radius 1 is 0.828 bits per heavy atom. The fourth-order valence-electron chi connectivity index (χ4n) is 4.23. The van der Waals surface area contributed by atoms with E-state index in [1.165, 1.54) is 43.4 Å². The van der Waals surface area contributed by atoms with Gasteiger partial charge in [-0.1, -0.05) is 54.6 Å². The molecule has 2 nitrogen and oxygen atoms in total. The molecule has 4 aromatic carbocycles. The molecule has 3 heteroatoms. The predicted molar refractivity (Wildman–Crippen MR) is 122 cm³/mol. The number of rotatable bonds is 7. The van der Waals surface area contributed by atoms with E-state index in [2.05, 4.69) is 66.0 Å². The Bertz CT molecular complexity index is 1250. The van der Waals surface area contributed by atoms with Crippen LogP contribution in [0.2, 0.25) is 0 Å². The van der Waals surface area contributed by atoms with E-state index < -0.39 is 0 Å². The molecular weight excluding hydrogens is 376 g/mol. The van der Waals surface area contributed by atoms with Crippen LogP contribution in [-0.2, 0) is 22.4 Å². The summed E-state index contributed by atoms with van der Waals surface area (Å²) in [5, 5.41) is 12.0. The Morgan fingerprint density at radius 2 is 1.59 bits per heavy atom. The molecule has 0 bridgehead atoms. The van der Waals surface area contributed by atoms with Crippen molar-refractivity contribution in [3.8, 4) is 0 Å². The van der Waals surface area contributed by atoms with Gasteiger partial charge in [-0.15, -0.1) is 0 Å². The Hall–Kier alpha value is -2.91. The van der Waals surface area contributed by atoms with E-state index in [0.717, 1.165) is 19.3 Å². The van der Waals surface area contributed by atoms with Crippen molar-refractivity contribution in [2.45, 2.75) is 25.7 Å². The highest BCUT2D eigenvalue weighted by Gasteiger charge is 2.11. The van der Waals surface area contributed by atoms with E-state index in [-0.39, 0.29) is 5.97 Å². The number of hydrogen-bond acceptors (Lipinski definition) is 3. The molecule has 0 fully saturated rings. The van der Waals surface area contributed by atoms with Crippen molar-refractivity contribution in [3.05, 3.63) is 82.6 Å². The van der Waals surface area contributed by atoms with Gasteiger partial charge in [0.25, 0.3) is 0 Å². The average molecular weight is 399 g/mol. The smallest absolute Gasteiger partial charge is 0.305 e. The SMILES string of the molecule is O=C(CCCc1ccc2ccc3cccc4ccc1c2c34)OCCc1ccsc1. The predicted octanol–water partition coefficient (Wildman–Crippen LogP) is 6.75. The first-order valence-corrected chi connectivity index (χ1v) is 11.1. The Balaban J connectivity index is 1.29. The molecule has 0 amide bonds. The number of thiophene rings is 1. The van der Waals surface area contributed by atoms with Crippen LogP contribution in [0.5, 0.6) is 0 Å². The van der Waals surface area contributed by atoms with Crippen molar-refractivity contribution in [3.63, 3.8) is 0 Å². The van der Waals surface area contributed by atoms with Gasteiger partial charge in [0.05, 0.1) is 6.61 Å². The molecule has 0 saturated carbocycles. The maximum Gasteiger partial charge on any atom is 0.305 e. The van der Waals surface area contributed by atoms with Gasteiger partial charge in [0.2, 0.25) is 0 Å². The van der Waals surface area contributed by atoms with Gasteiger partial charge in [0.1, 0.15) is 0 Å². The lowest BCUT2D eigenvalue weighted by molar-refractivity contribution is -0.143. The van der Waals surface area contributed by atoms with E-state index in [9.17, 15) is 4.79 Å². The minimum absolute atomic E-state index is 0.0991. The second-order valence-electron chi connectivity index (χ2n) is 7.54. The quantitative estimate of drug-likeness (QED) is 0.224. The molecule has 0 atom stereocenters. The van der Waals surface area contributed by atoms with Crippen LogP contribution in [0.4, 0.5) is 0 Å². The largest absolute Gasteiger partial charge is 0.465 e. The van der Waals surface area contributed by atoms with E-state index in [0.29, 0.717) is 13.0 Å². The first kappa shape index (κ1) is 18.1. The van der Waals surface area contributed by atoms with Crippen molar-refractivity contribution in [1.82, 2.24) is 0 Å². The lowest BCUT2D eigenvalue weighted by Crippen LogP contribution is -2.07. The van der Waals surface area contributed by atoms with Gasteiger partial charge in [0.15, 0.2) is 0 Å². The monoisotopic (exact) mass is 398 g/mol. The summed E-state index contributed by atoms with van der Waals surface area (Å²) in [6, 6.07) is 21.8. The molecule has 144 valence electrons. The number of aryl methyl sites for hydroxylation is 1. The van der Waals surface area contributed by atoms with E-state index in [1.807, 2.05) is 5.38 Å². The summed E-state index contributed by atoms with van der Waals surface area (Å²) in [6.07, 6.45) is 2.95. The van der Waals surface area contributed by atoms with Crippen molar-refractivity contribution >= 4 is 49.6 Å². The minimum Gasteiger partial charge on any atom is -0.465 e. The third-order valence-corrected chi connectivity index (χ3v) is 6.41. The zero-order valence-corrected chi connectivity index (χ0v) is 17.0. The molecule has 0 unspecified atom stereocenters. The second-order valence-corrected chi connectivity index (χ2v) is 8.32. The third-order valence-electron chi connectivity index (χ3n) is 5.68. The summed E-state index contributed by atoms with van der Waals surface area (Å²) in [5.41, 5.74) is 2.54. The summed E-state index contributed by atoms with van der Waals surface area (Å²) in [7, 11) is 0. The van der Waals surface area contributed by atoms with E-state index in [4.69, 9.17) is 4.74 Å². The fourth-order valence-corrected chi connectivity index (χ4v) is 4.93. The zero-order valence-electron chi connectivity index (χ0n) is 16.2. The third kappa shape index (κ3) is 3.58. The number of hydrogen-bond donors (Lipinski definition) is 0. The van der Waals surface area contributed by atoms with Crippen molar-refractivity contribution < 1.29 is 9.53 Å². The first-order valence-electron chi connectivity index (χ1n) is 10.1. The summed E-state index contributed by atoms with van der Waals surface area (Å²) < 4.78 is 5.40. The maximum absolute atomic E-state index is 12.1. The number of carbonyl (C=O) groups is 1. The fraction of sp³-hybridized carbons (Fsp3) is 0.192. The molecular formula is C26H22O2S. The van der Waals surface area contributed by atoms with Crippen LogP contribution in [0.3, 0.4) is 0 Å². The molecule has 1 aromatic heterocycles.